The topological polar surface area (TPSA) is 95.9 Å². The standard InChI is InChI=1S/C55H63ClN2O7/c1-7-38(3)48(56)36-63-44-29-30-49-47(35-44)54(4,5)55(58(49)6)37-57-52-46-34-45(28-24-41(46)25-31-50(52)65-55)64-53(60)42-20-18-39(19-21-42)40-22-26-43(27-23-40)61-32-16-14-12-10-9-11-13-15-17-33-62-51(59)8-2/h8,18-31,34-35,37-38,48H,2,7,9-17,32-33,36H2,1,3-6H3/t38-,48+,55+/m0/s1. The lowest BCUT2D eigenvalue weighted by molar-refractivity contribution is -0.137. The van der Waals surface area contributed by atoms with E-state index >= 15 is 0 Å². The molecule has 0 N–H and O–H groups in total. The molecule has 2 aliphatic rings. The highest BCUT2D eigenvalue weighted by Gasteiger charge is 2.58. The van der Waals surface area contributed by atoms with Crippen molar-refractivity contribution in [2.24, 2.45) is 10.9 Å². The molecule has 1 spiro atoms. The summed E-state index contributed by atoms with van der Waals surface area (Å²) >= 11 is 6.61. The van der Waals surface area contributed by atoms with E-state index in [0.717, 1.165) is 76.8 Å². The van der Waals surface area contributed by atoms with Gasteiger partial charge in [0.2, 0.25) is 5.72 Å². The second-order valence-electron chi connectivity index (χ2n) is 17.8. The van der Waals surface area contributed by atoms with Crippen molar-refractivity contribution in [3.8, 4) is 34.1 Å². The minimum atomic E-state index is -0.886. The number of alkyl halides is 1. The molecule has 65 heavy (non-hydrogen) atoms. The molecule has 0 unspecified atom stereocenters. The molecular formula is C55H63ClN2O7. The van der Waals surface area contributed by atoms with Gasteiger partial charge in [-0.1, -0.05) is 108 Å². The SMILES string of the molecule is C=CC(=O)OCCCCCCCCCCCOc1ccc(-c2ccc(C(=O)Oc3ccc4ccc5c(c4c3)N=C[C@]3(O5)N(C)c4ccc(OC[C@@H](Cl)[C@@H](C)CC)cc4C3(C)C)cc2)cc1. The Morgan fingerprint density at radius 3 is 2.08 bits per heavy atom. The number of unbranched alkanes of at least 4 members (excludes halogenated alkanes) is 8. The normalized spacial score (nSPS) is 16.6. The Kier molecular flexibility index (Phi) is 15.6. The summed E-state index contributed by atoms with van der Waals surface area (Å²) in [6, 6.07) is 31.3. The van der Waals surface area contributed by atoms with Crippen LogP contribution in [0.25, 0.3) is 21.9 Å². The highest BCUT2D eigenvalue weighted by atomic mass is 35.5. The Morgan fingerprint density at radius 2 is 1.40 bits per heavy atom. The van der Waals surface area contributed by atoms with Gasteiger partial charge >= 0.3 is 11.9 Å². The third kappa shape index (κ3) is 10.8. The fourth-order valence-corrected chi connectivity index (χ4v) is 8.93. The second kappa shape index (κ2) is 21.5. The van der Waals surface area contributed by atoms with E-state index < -0.39 is 17.1 Å². The van der Waals surface area contributed by atoms with Gasteiger partial charge in [0, 0.05) is 24.2 Å². The molecule has 0 saturated heterocycles. The average molecular weight is 900 g/mol. The first-order chi connectivity index (χ1) is 31.4. The zero-order valence-corrected chi connectivity index (χ0v) is 39.3. The Labute approximate surface area is 389 Å². The van der Waals surface area contributed by atoms with E-state index in [1.165, 1.54) is 38.2 Å². The number of esters is 2. The average Bonchev–Trinajstić information content (AvgIpc) is 3.48. The summed E-state index contributed by atoms with van der Waals surface area (Å²) in [5, 5.41) is 1.72. The van der Waals surface area contributed by atoms with Gasteiger partial charge in [-0.3, -0.25) is 4.99 Å². The van der Waals surface area contributed by atoms with Crippen LogP contribution in [-0.4, -0.2) is 56.1 Å². The fraction of sp³-hybridized carbons (Fsp3) is 0.400. The van der Waals surface area contributed by atoms with Crippen molar-refractivity contribution in [2.75, 3.05) is 31.8 Å². The number of nitrogens with zero attached hydrogens (tertiary/aromatic N) is 2. The van der Waals surface area contributed by atoms with Crippen molar-refractivity contribution in [1.29, 1.82) is 0 Å². The van der Waals surface area contributed by atoms with Gasteiger partial charge in [0.25, 0.3) is 0 Å². The van der Waals surface area contributed by atoms with Gasteiger partial charge in [-0.2, -0.15) is 0 Å². The number of hydrogen-bond acceptors (Lipinski definition) is 9. The van der Waals surface area contributed by atoms with Gasteiger partial charge in [-0.05, 0) is 115 Å². The van der Waals surface area contributed by atoms with Crippen LogP contribution in [0.3, 0.4) is 0 Å². The first kappa shape index (κ1) is 47.2. The maximum atomic E-state index is 13.4. The molecule has 0 amide bonds. The summed E-state index contributed by atoms with van der Waals surface area (Å²) in [5.41, 5.74) is 3.93. The minimum Gasteiger partial charge on any atom is -0.494 e. The van der Waals surface area contributed by atoms with Crippen molar-refractivity contribution >= 4 is 51.9 Å². The lowest BCUT2D eigenvalue weighted by Gasteiger charge is -2.45. The van der Waals surface area contributed by atoms with Crippen LogP contribution in [-0.2, 0) is 14.9 Å². The van der Waals surface area contributed by atoms with Gasteiger partial charge in [0.05, 0.1) is 35.8 Å². The van der Waals surface area contributed by atoms with Crippen LogP contribution in [0.2, 0.25) is 0 Å². The summed E-state index contributed by atoms with van der Waals surface area (Å²) < 4.78 is 30.1. The number of ether oxygens (including phenoxy) is 5. The van der Waals surface area contributed by atoms with Gasteiger partial charge in [0.1, 0.15) is 35.3 Å². The van der Waals surface area contributed by atoms with E-state index in [2.05, 4.69) is 51.3 Å². The summed E-state index contributed by atoms with van der Waals surface area (Å²) in [7, 11) is 2.03. The Bertz CT molecular complexity index is 2470. The number of hydrogen-bond donors (Lipinski definition) is 0. The van der Waals surface area contributed by atoms with Crippen LogP contribution < -0.4 is 23.8 Å². The van der Waals surface area contributed by atoms with Gasteiger partial charge in [-0.15, -0.1) is 11.6 Å². The Morgan fingerprint density at radius 1 is 0.785 bits per heavy atom. The molecule has 3 atom stereocenters. The first-order valence-corrected chi connectivity index (χ1v) is 23.7. The number of aliphatic imine (C=N–C) groups is 1. The third-order valence-electron chi connectivity index (χ3n) is 13.1. The largest absolute Gasteiger partial charge is 0.494 e. The zero-order valence-electron chi connectivity index (χ0n) is 38.6. The third-order valence-corrected chi connectivity index (χ3v) is 13.7. The Balaban J connectivity index is 0.898. The van der Waals surface area contributed by atoms with Crippen LogP contribution in [0.15, 0.2) is 115 Å². The predicted molar refractivity (Wildman–Crippen MR) is 263 cm³/mol. The van der Waals surface area contributed by atoms with Crippen LogP contribution in [0, 0.1) is 5.92 Å². The number of benzene rings is 5. The predicted octanol–water partition coefficient (Wildman–Crippen LogP) is 13.6. The molecule has 2 aliphatic heterocycles. The number of carbonyl (C=O) groups is 2. The Hall–Kier alpha value is -5.80. The van der Waals surface area contributed by atoms with Crippen molar-refractivity contribution in [1.82, 2.24) is 0 Å². The second-order valence-corrected chi connectivity index (χ2v) is 18.4. The van der Waals surface area contributed by atoms with E-state index in [4.69, 9.17) is 40.3 Å². The fourth-order valence-electron chi connectivity index (χ4n) is 8.69. The van der Waals surface area contributed by atoms with Crippen LogP contribution >= 0.6 is 11.6 Å². The molecule has 2 heterocycles. The van der Waals surface area contributed by atoms with E-state index in [-0.39, 0.29) is 11.3 Å². The summed E-state index contributed by atoms with van der Waals surface area (Å²) in [5.74, 6) is 2.27. The molecule has 5 aromatic rings. The summed E-state index contributed by atoms with van der Waals surface area (Å²) in [6.07, 6.45) is 14.3. The highest BCUT2D eigenvalue weighted by Crippen LogP contribution is 2.55. The van der Waals surface area contributed by atoms with Crippen molar-refractivity contribution in [3.05, 3.63) is 121 Å². The molecule has 0 aromatic heterocycles. The number of fused-ring (bicyclic) bond motifs is 4. The van der Waals surface area contributed by atoms with E-state index in [9.17, 15) is 9.59 Å². The van der Waals surface area contributed by atoms with Crippen LogP contribution in [0.4, 0.5) is 11.4 Å². The number of halogens is 1. The van der Waals surface area contributed by atoms with Gasteiger partial charge in [0.15, 0.2) is 0 Å². The molecule has 10 heteroatoms. The molecule has 5 aromatic carbocycles. The van der Waals surface area contributed by atoms with Crippen molar-refractivity contribution in [2.45, 2.75) is 108 Å². The number of rotatable bonds is 22. The molecule has 0 fully saturated rings. The first-order valence-electron chi connectivity index (χ1n) is 23.2. The monoisotopic (exact) mass is 898 g/mol. The van der Waals surface area contributed by atoms with Gasteiger partial charge < -0.3 is 28.6 Å². The number of carbonyl (C=O) groups excluding carboxylic acids is 2. The number of anilines is 1. The quantitative estimate of drug-likeness (QED) is 0.0223. The van der Waals surface area contributed by atoms with Crippen molar-refractivity contribution < 1.29 is 33.3 Å². The molecule has 342 valence electrons. The smallest absolute Gasteiger partial charge is 0.343 e. The van der Waals surface area contributed by atoms with E-state index in [1.807, 2.05) is 80.0 Å². The molecule has 7 rings (SSSR count). The maximum absolute atomic E-state index is 13.4. The maximum Gasteiger partial charge on any atom is 0.343 e. The van der Waals surface area contributed by atoms with Crippen LogP contribution in [0.5, 0.6) is 23.0 Å². The lowest BCUT2D eigenvalue weighted by atomic mass is 9.77. The van der Waals surface area contributed by atoms with E-state index in [1.54, 1.807) is 18.2 Å². The molecule has 0 saturated carbocycles. The van der Waals surface area contributed by atoms with Crippen LogP contribution in [0.1, 0.15) is 108 Å². The van der Waals surface area contributed by atoms with E-state index in [0.29, 0.717) is 48.5 Å². The molecule has 0 bridgehead atoms. The highest BCUT2D eigenvalue weighted by molar-refractivity contribution is 6.20. The summed E-state index contributed by atoms with van der Waals surface area (Å²) in [4.78, 5) is 31.7. The van der Waals surface area contributed by atoms with Crippen molar-refractivity contribution in [3.63, 3.8) is 0 Å². The molecule has 9 nitrogen and oxygen atoms in total. The number of likely N-dealkylation sites (N-methyl/N-ethyl adjacent to an activating group) is 1. The molecule has 0 radical (unpaired) electrons. The molecular weight excluding hydrogens is 836 g/mol. The van der Waals surface area contributed by atoms with Gasteiger partial charge in [-0.25, -0.2) is 9.59 Å². The minimum absolute atomic E-state index is 0.0666. The zero-order chi connectivity index (χ0) is 46.0. The molecule has 0 aliphatic carbocycles. The lowest BCUT2D eigenvalue weighted by Crippen LogP contribution is -2.61. The summed E-state index contributed by atoms with van der Waals surface area (Å²) in [6.45, 7) is 13.6.